The van der Waals surface area contributed by atoms with E-state index in [1.807, 2.05) is 31.2 Å². The van der Waals surface area contributed by atoms with Crippen molar-refractivity contribution in [2.24, 2.45) is 5.92 Å². The van der Waals surface area contributed by atoms with E-state index in [-0.39, 0.29) is 6.10 Å². The van der Waals surface area contributed by atoms with Crippen LogP contribution in [0, 0.1) is 17.2 Å². The van der Waals surface area contributed by atoms with E-state index in [1.165, 1.54) is 0 Å². The zero-order valence-corrected chi connectivity index (χ0v) is 11.3. The van der Waals surface area contributed by atoms with Crippen LogP contribution in [-0.2, 0) is 0 Å². The third-order valence-electron chi connectivity index (χ3n) is 3.70. The van der Waals surface area contributed by atoms with Crippen LogP contribution in [0.3, 0.4) is 0 Å². The Labute approximate surface area is 114 Å². The van der Waals surface area contributed by atoms with Crippen molar-refractivity contribution in [1.29, 1.82) is 5.26 Å². The van der Waals surface area contributed by atoms with E-state index in [9.17, 15) is 5.11 Å². The van der Waals surface area contributed by atoms with Gasteiger partial charge in [-0.3, -0.25) is 4.90 Å². The second kappa shape index (κ2) is 6.51. The molecule has 0 aromatic heterocycles. The summed E-state index contributed by atoms with van der Waals surface area (Å²) in [6, 6.07) is 9.69. The molecule has 3 heteroatoms. The SMILES string of the molecule is CC(O)C1CCN(C/C=C/c2ccc(C#N)cc2)C1. The predicted molar refractivity (Wildman–Crippen MR) is 76.4 cm³/mol. The monoisotopic (exact) mass is 256 g/mol. The fraction of sp³-hybridized carbons (Fsp3) is 0.438. The quantitative estimate of drug-likeness (QED) is 0.899. The van der Waals surface area contributed by atoms with Gasteiger partial charge in [0.05, 0.1) is 17.7 Å². The lowest BCUT2D eigenvalue weighted by molar-refractivity contribution is 0.129. The Morgan fingerprint density at radius 1 is 1.47 bits per heavy atom. The van der Waals surface area contributed by atoms with Gasteiger partial charge in [-0.25, -0.2) is 0 Å². The van der Waals surface area contributed by atoms with Gasteiger partial charge in [0, 0.05) is 13.1 Å². The number of nitriles is 1. The van der Waals surface area contributed by atoms with Crippen LogP contribution in [-0.4, -0.2) is 35.7 Å². The number of likely N-dealkylation sites (tertiary alicyclic amines) is 1. The molecular formula is C16H20N2O. The summed E-state index contributed by atoms with van der Waals surface area (Å²) in [6.45, 7) is 4.84. The minimum atomic E-state index is -0.201. The Bertz CT molecular complexity index is 471. The summed E-state index contributed by atoms with van der Waals surface area (Å²) in [5.41, 5.74) is 1.81. The average Bonchev–Trinajstić information content (AvgIpc) is 2.89. The van der Waals surface area contributed by atoms with Crippen LogP contribution >= 0.6 is 0 Å². The van der Waals surface area contributed by atoms with Gasteiger partial charge in [0.15, 0.2) is 0 Å². The Hall–Kier alpha value is -1.63. The molecule has 1 aliphatic heterocycles. The molecule has 0 bridgehead atoms. The highest BCUT2D eigenvalue weighted by molar-refractivity contribution is 5.51. The van der Waals surface area contributed by atoms with E-state index < -0.39 is 0 Å². The lowest BCUT2D eigenvalue weighted by Gasteiger charge is -2.15. The molecule has 1 aromatic carbocycles. The number of benzene rings is 1. The third kappa shape index (κ3) is 3.92. The Kier molecular flexibility index (Phi) is 4.73. The van der Waals surface area contributed by atoms with E-state index in [2.05, 4.69) is 23.1 Å². The van der Waals surface area contributed by atoms with Crippen molar-refractivity contribution in [3.63, 3.8) is 0 Å². The van der Waals surface area contributed by atoms with Crippen LogP contribution in [0.5, 0.6) is 0 Å². The van der Waals surface area contributed by atoms with Gasteiger partial charge in [-0.1, -0.05) is 24.3 Å². The van der Waals surface area contributed by atoms with Gasteiger partial charge in [-0.15, -0.1) is 0 Å². The summed E-state index contributed by atoms with van der Waals surface area (Å²) < 4.78 is 0. The predicted octanol–water partition coefficient (Wildman–Crippen LogP) is 2.27. The molecule has 0 aliphatic carbocycles. The van der Waals surface area contributed by atoms with Crippen molar-refractivity contribution >= 4 is 6.08 Å². The first-order chi connectivity index (χ1) is 9.19. The maximum absolute atomic E-state index is 9.55. The molecule has 0 radical (unpaired) electrons. The minimum absolute atomic E-state index is 0.201. The lowest BCUT2D eigenvalue weighted by atomic mass is 10.0. The summed E-state index contributed by atoms with van der Waals surface area (Å²) in [5, 5.41) is 18.3. The smallest absolute Gasteiger partial charge is 0.0991 e. The van der Waals surface area contributed by atoms with E-state index in [4.69, 9.17) is 5.26 Å². The van der Waals surface area contributed by atoms with Gasteiger partial charge < -0.3 is 5.11 Å². The van der Waals surface area contributed by atoms with Gasteiger partial charge in [-0.05, 0) is 43.5 Å². The summed E-state index contributed by atoms with van der Waals surface area (Å²) in [6.07, 6.45) is 5.11. The first kappa shape index (κ1) is 13.8. The molecule has 2 unspecified atom stereocenters. The lowest BCUT2D eigenvalue weighted by Crippen LogP contribution is -2.24. The second-order valence-corrected chi connectivity index (χ2v) is 5.19. The van der Waals surface area contributed by atoms with Crippen LogP contribution in [0.15, 0.2) is 30.3 Å². The fourth-order valence-corrected chi connectivity index (χ4v) is 2.43. The molecule has 0 saturated carbocycles. The largest absolute Gasteiger partial charge is 0.393 e. The molecule has 2 atom stereocenters. The molecule has 3 nitrogen and oxygen atoms in total. The van der Waals surface area contributed by atoms with E-state index in [0.29, 0.717) is 11.5 Å². The van der Waals surface area contributed by atoms with Gasteiger partial charge in [-0.2, -0.15) is 5.26 Å². The van der Waals surface area contributed by atoms with Crippen molar-refractivity contribution < 1.29 is 5.11 Å². The van der Waals surface area contributed by atoms with E-state index >= 15 is 0 Å². The molecule has 0 amide bonds. The molecule has 1 fully saturated rings. The summed E-state index contributed by atoms with van der Waals surface area (Å²) in [7, 11) is 0. The van der Waals surface area contributed by atoms with Crippen LogP contribution in [0.4, 0.5) is 0 Å². The van der Waals surface area contributed by atoms with Gasteiger partial charge in [0.1, 0.15) is 0 Å². The number of aliphatic hydroxyl groups is 1. The standard InChI is InChI=1S/C16H20N2O/c1-13(19)16-8-10-18(12-16)9-2-3-14-4-6-15(11-17)7-5-14/h2-7,13,16,19H,8-10,12H2,1H3/b3-2+. The minimum Gasteiger partial charge on any atom is -0.393 e. The zero-order chi connectivity index (χ0) is 13.7. The number of hydrogen-bond acceptors (Lipinski definition) is 3. The molecule has 1 aliphatic rings. The summed E-state index contributed by atoms with van der Waals surface area (Å²) in [4.78, 5) is 2.36. The Morgan fingerprint density at radius 2 is 2.21 bits per heavy atom. The summed E-state index contributed by atoms with van der Waals surface area (Å²) in [5.74, 6) is 0.420. The van der Waals surface area contributed by atoms with Crippen molar-refractivity contribution in [3.8, 4) is 6.07 Å². The first-order valence-corrected chi connectivity index (χ1v) is 6.76. The van der Waals surface area contributed by atoms with E-state index in [1.54, 1.807) is 0 Å². The Morgan fingerprint density at radius 3 is 2.79 bits per heavy atom. The highest BCUT2D eigenvalue weighted by Crippen LogP contribution is 2.19. The molecule has 100 valence electrons. The fourth-order valence-electron chi connectivity index (χ4n) is 2.43. The number of nitrogens with zero attached hydrogens (tertiary/aromatic N) is 2. The molecule has 1 aromatic rings. The molecule has 0 spiro atoms. The van der Waals surface area contributed by atoms with Crippen LogP contribution in [0.1, 0.15) is 24.5 Å². The molecule has 1 saturated heterocycles. The first-order valence-electron chi connectivity index (χ1n) is 6.76. The zero-order valence-electron chi connectivity index (χ0n) is 11.3. The van der Waals surface area contributed by atoms with Gasteiger partial charge in [0.25, 0.3) is 0 Å². The van der Waals surface area contributed by atoms with Crippen molar-refractivity contribution in [1.82, 2.24) is 4.90 Å². The van der Waals surface area contributed by atoms with Crippen molar-refractivity contribution in [2.45, 2.75) is 19.4 Å². The van der Waals surface area contributed by atoms with E-state index in [0.717, 1.165) is 31.6 Å². The van der Waals surface area contributed by atoms with Gasteiger partial charge in [0.2, 0.25) is 0 Å². The molecule has 1 N–H and O–H groups in total. The molecule has 19 heavy (non-hydrogen) atoms. The van der Waals surface area contributed by atoms with Crippen LogP contribution in [0.2, 0.25) is 0 Å². The number of rotatable bonds is 4. The van der Waals surface area contributed by atoms with Crippen LogP contribution in [0.25, 0.3) is 6.08 Å². The highest BCUT2D eigenvalue weighted by Gasteiger charge is 2.24. The normalized spacial score (nSPS) is 21.6. The third-order valence-corrected chi connectivity index (χ3v) is 3.70. The van der Waals surface area contributed by atoms with Gasteiger partial charge >= 0.3 is 0 Å². The van der Waals surface area contributed by atoms with Crippen molar-refractivity contribution in [3.05, 3.63) is 41.5 Å². The molecule has 2 rings (SSSR count). The van der Waals surface area contributed by atoms with Crippen molar-refractivity contribution in [2.75, 3.05) is 19.6 Å². The molecular weight excluding hydrogens is 236 g/mol. The molecule has 1 heterocycles. The Balaban J connectivity index is 1.82. The number of hydrogen-bond donors (Lipinski definition) is 1. The maximum atomic E-state index is 9.55. The summed E-state index contributed by atoms with van der Waals surface area (Å²) >= 11 is 0. The topological polar surface area (TPSA) is 47.3 Å². The van der Waals surface area contributed by atoms with Crippen LogP contribution < -0.4 is 0 Å². The second-order valence-electron chi connectivity index (χ2n) is 5.19. The number of aliphatic hydroxyl groups excluding tert-OH is 1. The highest BCUT2D eigenvalue weighted by atomic mass is 16.3. The maximum Gasteiger partial charge on any atom is 0.0991 e. The average molecular weight is 256 g/mol.